The molecular formula is C7H5Cl2S. The van der Waals surface area contributed by atoms with Crippen LogP contribution in [0.2, 0.25) is 10.0 Å². The summed E-state index contributed by atoms with van der Waals surface area (Å²) in [5.41, 5.74) is 0. The highest BCUT2D eigenvalue weighted by molar-refractivity contribution is 8.00. The van der Waals surface area contributed by atoms with E-state index in [-0.39, 0.29) is 0 Å². The van der Waals surface area contributed by atoms with Crippen LogP contribution in [0.15, 0.2) is 23.1 Å². The monoisotopic (exact) mass is 191 g/mol. The molecule has 0 nitrogen and oxygen atoms in total. The summed E-state index contributed by atoms with van der Waals surface area (Å²) >= 11 is 12.9. The van der Waals surface area contributed by atoms with Crippen molar-refractivity contribution in [3.63, 3.8) is 0 Å². The second-order valence-corrected chi connectivity index (χ2v) is 3.21. The van der Waals surface area contributed by atoms with Crippen molar-refractivity contribution in [3.05, 3.63) is 34.5 Å². The van der Waals surface area contributed by atoms with Gasteiger partial charge in [0, 0.05) is 11.2 Å². The minimum Gasteiger partial charge on any atom is -0.124 e. The Bertz CT molecular complexity index is 235. The zero-order chi connectivity index (χ0) is 7.56. The molecule has 0 aliphatic rings. The molecule has 0 bridgehead atoms. The fraction of sp³-hybridized carbons (Fsp3) is 0. The van der Waals surface area contributed by atoms with Crippen LogP contribution in [-0.2, 0) is 0 Å². The Morgan fingerprint density at radius 2 is 2.00 bits per heavy atom. The van der Waals surface area contributed by atoms with E-state index in [1.54, 1.807) is 6.07 Å². The van der Waals surface area contributed by atoms with E-state index in [2.05, 4.69) is 6.26 Å². The van der Waals surface area contributed by atoms with E-state index in [1.807, 2.05) is 12.1 Å². The highest BCUT2D eigenvalue weighted by atomic mass is 35.5. The molecule has 0 spiro atoms. The van der Waals surface area contributed by atoms with Gasteiger partial charge in [-0.25, -0.2) is 0 Å². The van der Waals surface area contributed by atoms with Crippen LogP contribution in [0.5, 0.6) is 0 Å². The van der Waals surface area contributed by atoms with E-state index in [0.29, 0.717) is 10.0 Å². The third-order valence-corrected chi connectivity index (χ3v) is 2.65. The molecule has 0 N–H and O–H groups in total. The molecule has 1 radical (unpaired) electrons. The third kappa shape index (κ3) is 1.60. The molecule has 0 aliphatic carbocycles. The van der Waals surface area contributed by atoms with Gasteiger partial charge in [0.1, 0.15) is 0 Å². The van der Waals surface area contributed by atoms with Crippen molar-refractivity contribution >= 4 is 35.0 Å². The number of rotatable bonds is 1. The Morgan fingerprint density at radius 1 is 1.30 bits per heavy atom. The molecule has 3 heteroatoms. The summed E-state index contributed by atoms with van der Waals surface area (Å²) < 4.78 is 0. The van der Waals surface area contributed by atoms with Crippen molar-refractivity contribution in [1.29, 1.82) is 0 Å². The van der Waals surface area contributed by atoms with E-state index in [1.165, 1.54) is 11.8 Å². The number of thioether (sulfide) groups is 1. The highest BCUT2D eigenvalue weighted by Crippen LogP contribution is 2.31. The number of hydrogen-bond acceptors (Lipinski definition) is 1. The van der Waals surface area contributed by atoms with Gasteiger partial charge in [-0.15, -0.1) is 11.8 Å². The van der Waals surface area contributed by atoms with Crippen LogP contribution < -0.4 is 0 Å². The Morgan fingerprint density at radius 3 is 2.50 bits per heavy atom. The molecule has 0 unspecified atom stereocenters. The predicted molar refractivity (Wildman–Crippen MR) is 47.7 cm³/mol. The summed E-state index contributed by atoms with van der Waals surface area (Å²) in [6, 6.07) is 5.48. The Hall–Kier alpha value is 0.150. The lowest BCUT2D eigenvalue weighted by molar-refractivity contribution is 1.47. The van der Waals surface area contributed by atoms with E-state index < -0.39 is 0 Å². The SMILES string of the molecule is [CH2]Sc1cccc(Cl)c1Cl. The number of hydrogen-bond donors (Lipinski definition) is 0. The van der Waals surface area contributed by atoms with Gasteiger partial charge in [-0.05, 0) is 12.1 Å². The van der Waals surface area contributed by atoms with E-state index in [0.717, 1.165) is 4.90 Å². The minimum absolute atomic E-state index is 0.579. The highest BCUT2D eigenvalue weighted by Gasteiger charge is 2.00. The summed E-state index contributed by atoms with van der Waals surface area (Å²) in [6.45, 7) is 0. The zero-order valence-electron chi connectivity index (χ0n) is 5.10. The lowest BCUT2D eigenvalue weighted by Crippen LogP contribution is -1.71. The first kappa shape index (κ1) is 8.25. The van der Waals surface area contributed by atoms with Crippen LogP contribution in [0, 0.1) is 6.26 Å². The predicted octanol–water partition coefficient (Wildman–Crippen LogP) is 3.88. The lowest BCUT2D eigenvalue weighted by Gasteiger charge is -1.99. The Labute approximate surface area is 74.5 Å². The van der Waals surface area contributed by atoms with Crippen LogP contribution in [0.1, 0.15) is 0 Å². The number of halogens is 2. The summed E-state index contributed by atoms with van der Waals surface area (Å²) in [6.07, 6.45) is 3.63. The molecule has 1 rings (SSSR count). The van der Waals surface area contributed by atoms with Crippen molar-refractivity contribution in [3.8, 4) is 0 Å². The average Bonchev–Trinajstić information content (AvgIpc) is 1.95. The van der Waals surface area contributed by atoms with Crippen molar-refractivity contribution < 1.29 is 0 Å². The molecule has 1 aromatic rings. The van der Waals surface area contributed by atoms with Crippen LogP contribution in [0.4, 0.5) is 0 Å². The molecule has 0 saturated carbocycles. The first-order chi connectivity index (χ1) is 4.75. The summed E-state index contributed by atoms with van der Waals surface area (Å²) in [7, 11) is 0. The summed E-state index contributed by atoms with van der Waals surface area (Å²) in [5, 5.41) is 1.17. The average molecular weight is 192 g/mol. The summed E-state index contributed by atoms with van der Waals surface area (Å²) in [4.78, 5) is 0.911. The van der Waals surface area contributed by atoms with Crippen LogP contribution in [0.3, 0.4) is 0 Å². The van der Waals surface area contributed by atoms with Gasteiger partial charge in [0.2, 0.25) is 0 Å². The summed E-state index contributed by atoms with van der Waals surface area (Å²) in [5.74, 6) is 0. The molecule has 0 atom stereocenters. The zero-order valence-corrected chi connectivity index (χ0v) is 7.43. The Kier molecular flexibility index (Phi) is 2.90. The van der Waals surface area contributed by atoms with Gasteiger partial charge >= 0.3 is 0 Å². The van der Waals surface area contributed by atoms with Gasteiger partial charge in [-0.2, -0.15) is 0 Å². The molecule has 53 valence electrons. The van der Waals surface area contributed by atoms with Gasteiger partial charge in [0.05, 0.1) is 10.0 Å². The second kappa shape index (κ2) is 3.51. The molecule has 0 saturated heterocycles. The first-order valence-corrected chi connectivity index (χ1v) is 4.36. The maximum Gasteiger partial charge on any atom is 0.0728 e. The van der Waals surface area contributed by atoms with E-state index in [4.69, 9.17) is 23.2 Å². The quantitative estimate of drug-likeness (QED) is 0.608. The molecule has 0 amide bonds. The Balaban J connectivity index is 3.14. The molecule has 0 fully saturated rings. The molecular weight excluding hydrogens is 187 g/mol. The van der Waals surface area contributed by atoms with Gasteiger partial charge in [-0.3, -0.25) is 0 Å². The first-order valence-electron chi connectivity index (χ1n) is 2.61. The van der Waals surface area contributed by atoms with Gasteiger partial charge in [0.15, 0.2) is 0 Å². The van der Waals surface area contributed by atoms with Gasteiger partial charge in [-0.1, -0.05) is 29.3 Å². The lowest BCUT2D eigenvalue weighted by atomic mass is 10.4. The standard InChI is InChI=1S/C7H5Cl2S/c1-10-6-4-2-3-5(8)7(6)9/h2-4H,1H2. The van der Waals surface area contributed by atoms with Gasteiger partial charge < -0.3 is 0 Å². The van der Waals surface area contributed by atoms with Crippen molar-refractivity contribution in [2.45, 2.75) is 4.90 Å². The minimum atomic E-state index is 0.579. The molecule has 0 aromatic heterocycles. The maximum atomic E-state index is 5.80. The van der Waals surface area contributed by atoms with Crippen molar-refractivity contribution in [2.75, 3.05) is 0 Å². The molecule has 0 heterocycles. The largest absolute Gasteiger partial charge is 0.124 e. The van der Waals surface area contributed by atoms with Crippen LogP contribution >= 0.6 is 35.0 Å². The van der Waals surface area contributed by atoms with Crippen LogP contribution in [0.25, 0.3) is 0 Å². The van der Waals surface area contributed by atoms with Crippen LogP contribution in [-0.4, -0.2) is 0 Å². The molecule has 10 heavy (non-hydrogen) atoms. The third-order valence-electron chi connectivity index (χ3n) is 1.07. The topological polar surface area (TPSA) is 0 Å². The second-order valence-electron chi connectivity index (χ2n) is 1.70. The maximum absolute atomic E-state index is 5.80. The van der Waals surface area contributed by atoms with E-state index in [9.17, 15) is 0 Å². The fourth-order valence-corrected chi connectivity index (χ4v) is 1.53. The van der Waals surface area contributed by atoms with Crippen molar-refractivity contribution in [2.24, 2.45) is 0 Å². The smallest absolute Gasteiger partial charge is 0.0728 e. The normalized spacial score (nSPS) is 9.90. The van der Waals surface area contributed by atoms with E-state index >= 15 is 0 Å². The molecule has 1 aromatic carbocycles. The van der Waals surface area contributed by atoms with Crippen molar-refractivity contribution in [1.82, 2.24) is 0 Å². The fourth-order valence-electron chi connectivity index (χ4n) is 0.595. The van der Waals surface area contributed by atoms with Gasteiger partial charge in [0.25, 0.3) is 0 Å². The number of benzene rings is 1. The molecule has 0 aliphatic heterocycles.